The van der Waals surface area contributed by atoms with Gasteiger partial charge in [0.2, 0.25) is 5.60 Å². The molecule has 20 heavy (non-hydrogen) atoms. The molecule has 0 spiro atoms. The molecule has 0 aliphatic heterocycles. The van der Waals surface area contributed by atoms with Crippen LogP contribution in [0.1, 0.15) is 26.7 Å². The molecule has 0 aromatic heterocycles. The standard InChI is InChI=1S/C13H23NO6/c1-6-10(16)13(7-11(17)18,8-14(3,4)5)20-12(19)9(2)15/h9,15H,6-8H2,1-5H3/p+1/t9?,13-/m1/s1. The summed E-state index contributed by atoms with van der Waals surface area (Å²) in [7, 11) is 5.28. The first-order chi connectivity index (χ1) is 8.93. The minimum absolute atomic E-state index is 0.0183. The van der Waals surface area contributed by atoms with Gasteiger partial charge in [-0.1, -0.05) is 6.92 Å². The molecule has 0 rings (SSSR count). The SMILES string of the molecule is CCC(=O)[C@@](CC(=O)O)(C[N+](C)(C)C)OC(=O)C(C)O. The highest BCUT2D eigenvalue weighted by Crippen LogP contribution is 2.24. The molecular weight excluding hydrogens is 266 g/mol. The number of esters is 1. The zero-order chi connectivity index (χ0) is 16.1. The average Bonchev–Trinajstić information content (AvgIpc) is 2.24. The molecule has 7 nitrogen and oxygen atoms in total. The summed E-state index contributed by atoms with van der Waals surface area (Å²) in [5.74, 6) is -2.71. The number of quaternary nitrogens is 1. The highest BCUT2D eigenvalue weighted by atomic mass is 16.6. The Kier molecular flexibility index (Phi) is 6.31. The number of ether oxygens (including phenoxy) is 1. The van der Waals surface area contributed by atoms with Gasteiger partial charge in [-0.25, -0.2) is 4.79 Å². The third-order valence-electron chi connectivity index (χ3n) is 2.63. The van der Waals surface area contributed by atoms with Crippen molar-refractivity contribution in [3.63, 3.8) is 0 Å². The number of rotatable bonds is 8. The third-order valence-corrected chi connectivity index (χ3v) is 2.63. The van der Waals surface area contributed by atoms with Crippen LogP contribution in [0.2, 0.25) is 0 Å². The van der Waals surface area contributed by atoms with E-state index < -0.39 is 35.8 Å². The summed E-state index contributed by atoms with van der Waals surface area (Å²) in [6.07, 6.45) is -1.99. The number of hydrogen-bond donors (Lipinski definition) is 2. The van der Waals surface area contributed by atoms with Crippen LogP contribution in [0.25, 0.3) is 0 Å². The molecule has 7 heteroatoms. The number of hydrogen-bond acceptors (Lipinski definition) is 5. The first-order valence-electron chi connectivity index (χ1n) is 6.40. The van der Waals surface area contributed by atoms with E-state index in [0.717, 1.165) is 0 Å². The summed E-state index contributed by atoms with van der Waals surface area (Å²) >= 11 is 0. The molecule has 2 atom stereocenters. The highest BCUT2D eigenvalue weighted by Gasteiger charge is 2.48. The molecule has 0 bridgehead atoms. The van der Waals surface area contributed by atoms with Crippen molar-refractivity contribution in [1.29, 1.82) is 0 Å². The number of likely N-dealkylation sites (N-methyl/N-ethyl adjacent to an activating group) is 1. The van der Waals surface area contributed by atoms with Crippen molar-refractivity contribution in [2.45, 2.75) is 38.4 Å². The van der Waals surface area contributed by atoms with Crippen LogP contribution in [0, 0.1) is 0 Å². The Labute approximate surface area is 118 Å². The van der Waals surface area contributed by atoms with E-state index in [-0.39, 0.29) is 17.4 Å². The van der Waals surface area contributed by atoms with Gasteiger partial charge in [0.1, 0.15) is 12.6 Å². The summed E-state index contributed by atoms with van der Waals surface area (Å²) in [4.78, 5) is 34.9. The van der Waals surface area contributed by atoms with E-state index in [0.29, 0.717) is 0 Å². The number of carboxylic acids is 1. The predicted molar refractivity (Wildman–Crippen MR) is 71.0 cm³/mol. The van der Waals surface area contributed by atoms with Crippen LogP contribution in [0.3, 0.4) is 0 Å². The number of aliphatic carboxylic acids is 1. The molecule has 0 radical (unpaired) electrons. The van der Waals surface area contributed by atoms with Crippen molar-refractivity contribution in [1.82, 2.24) is 0 Å². The number of ketones is 1. The van der Waals surface area contributed by atoms with Gasteiger partial charge in [-0.3, -0.25) is 9.59 Å². The second-order valence-electron chi connectivity index (χ2n) is 5.89. The van der Waals surface area contributed by atoms with Crippen molar-refractivity contribution in [3.8, 4) is 0 Å². The van der Waals surface area contributed by atoms with E-state index in [1.165, 1.54) is 6.92 Å². The molecule has 0 aromatic carbocycles. The number of Topliss-reactive ketones (excluding diaryl/α,β-unsaturated/α-hetero) is 1. The van der Waals surface area contributed by atoms with Gasteiger partial charge in [0, 0.05) is 6.42 Å². The smallest absolute Gasteiger partial charge is 0.335 e. The molecule has 116 valence electrons. The lowest BCUT2D eigenvalue weighted by molar-refractivity contribution is -0.875. The van der Waals surface area contributed by atoms with Crippen molar-refractivity contribution in [2.75, 3.05) is 27.7 Å². The Balaban J connectivity index is 5.59. The Bertz CT molecular complexity index is 385. The number of aliphatic hydroxyl groups excluding tert-OH is 1. The molecule has 0 aromatic rings. The first-order valence-corrected chi connectivity index (χ1v) is 6.40. The lowest BCUT2D eigenvalue weighted by atomic mass is 9.90. The molecular formula is C13H24NO6+. The molecule has 0 aliphatic carbocycles. The van der Waals surface area contributed by atoms with Crippen LogP contribution in [-0.2, 0) is 19.1 Å². The molecule has 0 amide bonds. The monoisotopic (exact) mass is 290 g/mol. The molecule has 0 heterocycles. The van der Waals surface area contributed by atoms with Gasteiger partial charge < -0.3 is 19.4 Å². The van der Waals surface area contributed by atoms with Crippen LogP contribution < -0.4 is 0 Å². The quantitative estimate of drug-likeness (QED) is 0.474. The summed E-state index contributed by atoms with van der Waals surface area (Å²) in [5.41, 5.74) is -1.76. The molecule has 0 saturated carbocycles. The van der Waals surface area contributed by atoms with Crippen LogP contribution in [-0.4, -0.2) is 71.8 Å². The number of carbonyl (C=O) groups excluding carboxylic acids is 2. The fraction of sp³-hybridized carbons (Fsp3) is 0.769. The zero-order valence-corrected chi connectivity index (χ0v) is 12.7. The summed E-state index contributed by atoms with van der Waals surface area (Å²) in [5, 5.41) is 18.3. The Hall–Kier alpha value is -1.47. The summed E-state index contributed by atoms with van der Waals surface area (Å²) in [6.45, 7) is 2.80. The Morgan fingerprint density at radius 2 is 1.75 bits per heavy atom. The van der Waals surface area contributed by atoms with E-state index >= 15 is 0 Å². The number of carbonyl (C=O) groups is 3. The van der Waals surface area contributed by atoms with E-state index in [1.807, 2.05) is 0 Å². The van der Waals surface area contributed by atoms with E-state index in [9.17, 15) is 19.5 Å². The second kappa shape index (κ2) is 6.81. The van der Waals surface area contributed by atoms with Gasteiger partial charge in [-0.2, -0.15) is 0 Å². The van der Waals surface area contributed by atoms with Crippen LogP contribution in [0.5, 0.6) is 0 Å². The van der Waals surface area contributed by atoms with E-state index in [1.54, 1.807) is 28.1 Å². The molecule has 0 fully saturated rings. The minimum atomic E-state index is -1.76. The minimum Gasteiger partial charge on any atom is -0.481 e. The summed E-state index contributed by atoms with van der Waals surface area (Å²) in [6, 6.07) is 0. The Morgan fingerprint density at radius 3 is 2.05 bits per heavy atom. The number of aliphatic hydroxyl groups is 1. The van der Waals surface area contributed by atoms with Crippen LogP contribution in [0.15, 0.2) is 0 Å². The maximum atomic E-state index is 12.2. The van der Waals surface area contributed by atoms with Crippen molar-refractivity contribution in [3.05, 3.63) is 0 Å². The topological polar surface area (TPSA) is 101 Å². The molecule has 2 N–H and O–H groups in total. The average molecular weight is 290 g/mol. The van der Waals surface area contributed by atoms with Crippen molar-refractivity contribution in [2.24, 2.45) is 0 Å². The van der Waals surface area contributed by atoms with Gasteiger partial charge >= 0.3 is 11.9 Å². The van der Waals surface area contributed by atoms with Crippen LogP contribution in [0.4, 0.5) is 0 Å². The van der Waals surface area contributed by atoms with Crippen molar-refractivity contribution < 1.29 is 33.8 Å². The first kappa shape index (κ1) is 18.5. The van der Waals surface area contributed by atoms with Gasteiger partial charge in [-0.05, 0) is 6.92 Å². The molecule has 1 unspecified atom stereocenters. The highest BCUT2D eigenvalue weighted by molar-refractivity contribution is 5.93. The van der Waals surface area contributed by atoms with Gasteiger partial charge in [0.25, 0.3) is 0 Å². The lowest BCUT2D eigenvalue weighted by Gasteiger charge is -2.37. The predicted octanol–water partition coefficient (Wildman–Crippen LogP) is -0.191. The largest absolute Gasteiger partial charge is 0.481 e. The lowest BCUT2D eigenvalue weighted by Crippen LogP contribution is -2.57. The fourth-order valence-corrected chi connectivity index (χ4v) is 1.98. The maximum absolute atomic E-state index is 12.2. The second-order valence-corrected chi connectivity index (χ2v) is 5.89. The van der Waals surface area contributed by atoms with Crippen molar-refractivity contribution >= 4 is 17.7 Å². The summed E-state index contributed by atoms with van der Waals surface area (Å²) < 4.78 is 5.35. The fourth-order valence-electron chi connectivity index (χ4n) is 1.98. The number of carboxylic acid groups (broad SMARTS) is 1. The van der Waals surface area contributed by atoms with Crippen LogP contribution >= 0.6 is 0 Å². The molecule has 0 saturated heterocycles. The third kappa shape index (κ3) is 5.66. The van der Waals surface area contributed by atoms with E-state index in [2.05, 4.69) is 0 Å². The van der Waals surface area contributed by atoms with E-state index in [4.69, 9.17) is 9.84 Å². The normalized spacial score (nSPS) is 16.1. The molecule has 0 aliphatic rings. The number of nitrogens with zero attached hydrogens (tertiary/aromatic N) is 1. The maximum Gasteiger partial charge on any atom is 0.335 e. The van der Waals surface area contributed by atoms with Gasteiger partial charge in [0.15, 0.2) is 5.78 Å². The van der Waals surface area contributed by atoms with Gasteiger partial charge in [0.05, 0.1) is 27.6 Å². The Morgan fingerprint density at radius 1 is 1.25 bits per heavy atom. The van der Waals surface area contributed by atoms with Gasteiger partial charge in [-0.15, -0.1) is 0 Å². The zero-order valence-electron chi connectivity index (χ0n) is 12.7.